The molecule has 0 bridgehead atoms. The highest BCUT2D eigenvalue weighted by molar-refractivity contribution is 5.85. The van der Waals surface area contributed by atoms with Crippen molar-refractivity contribution in [1.82, 2.24) is 9.78 Å². The van der Waals surface area contributed by atoms with Crippen LogP contribution in [0, 0.1) is 6.92 Å². The standard InChI is InChI=1S/C5H9N3.2ClH/c1-4-5(6)3-7-8(4)2;;/h3H,6H2,1-2H3;2*1H. The van der Waals surface area contributed by atoms with Crippen molar-refractivity contribution in [2.24, 2.45) is 7.05 Å². The Morgan fingerprint density at radius 1 is 1.50 bits per heavy atom. The van der Waals surface area contributed by atoms with Gasteiger partial charge in [0, 0.05) is 7.05 Å². The normalized spacial score (nSPS) is 7.80. The van der Waals surface area contributed by atoms with E-state index < -0.39 is 0 Å². The second-order valence-corrected chi connectivity index (χ2v) is 1.81. The molecule has 0 saturated carbocycles. The van der Waals surface area contributed by atoms with Crippen molar-refractivity contribution >= 4 is 30.5 Å². The van der Waals surface area contributed by atoms with E-state index in [1.807, 2.05) is 14.0 Å². The minimum Gasteiger partial charge on any atom is -0.396 e. The van der Waals surface area contributed by atoms with Crippen molar-refractivity contribution < 1.29 is 0 Å². The van der Waals surface area contributed by atoms with Crippen LogP contribution < -0.4 is 5.73 Å². The predicted molar refractivity (Wildman–Crippen MR) is 46.9 cm³/mol. The number of nitrogen functional groups attached to an aromatic ring is 1. The lowest BCUT2D eigenvalue weighted by molar-refractivity contribution is 0.740. The Hall–Kier alpha value is -0.410. The van der Waals surface area contributed by atoms with E-state index in [4.69, 9.17) is 5.73 Å². The van der Waals surface area contributed by atoms with E-state index in [1.54, 1.807) is 10.9 Å². The second kappa shape index (κ2) is 4.41. The molecule has 1 aromatic rings. The Labute approximate surface area is 72.4 Å². The highest BCUT2D eigenvalue weighted by atomic mass is 35.5. The van der Waals surface area contributed by atoms with Crippen molar-refractivity contribution in [3.8, 4) is 0 Å². The molecule has 0 aliphatic heterocycles. The lowest BCUT2D eigenvalue weighted by atomic mass is 10.4. The monoisotopic (exact) mass is 183 g/mol. The fraction of sp³-hybridized carbons (Fsp3) is 0.400. The summed E-state index contributed by atoms with van der Waals surface area (Å²) in [5.74, 6) is 0. The second-order valence-electron chi connectivity index (χ2n) is 1.81. The molecule has 0 aromatic carbocycles. The SMILES string of the molecule is Cc1c(N)cnn1C.Cl.Cl. The molecule has 10 heavy (non-hydrogen) atoms. The molecule has 0 aliphatic rings. The number of hydrogen-bond acceptors (Lipinski definition) is 2. The Morgan fingerprint density at radius 2 is 2.00 bits per heavy atom. The van der Waals surface area contributed by atoms with E-state index in [9.17, 15) is 0 Å². The van der Waals surface area contributed by atoms with Gasteiger partial charge in [-0.1, -0.05) is 0 Å². The van der Waals surface area contributed by atoms with Gasteiger partial charge in [0.05, 0.1) is 17.6 Å². The van der Waals surface area contributed by atoms with E-state index in [2.05, 4.69) is 5.10 Å². The summed E-state index contributed by atoms with van der Waals surface area (Å²) >= 11 is 0. The van der Waals surface area contributed by atoms with Crippen LogP contribution in [0.3, 0.4) is 0 Å². The molecule has 2 N–H and O–H groups in total. The number of rotatable bonds is 0. The molecule has 1 aromatic heterocycles. The Morgan fingerprint density at radius 3 is 2.10 bits per heavy atom. The quantitative estimate of drug-likeness (QED) is 0.657. The summed E-state index contributed by atoms with van der Waals surface area (Å²) in [4.78, 5) is 0. The largest absolute Gasteiger partial charge is 0.396 e. The van der Waals surface area contributed by atoms with Crippen LogP contribution in [-0.2, 0) is 7.05 Å². The molecule has 3 nitrogen and oxygen atoms in total. The fourth-order valence-corrected chi connectivity index (χ4v) is 0.516. The van der Waals surface area contributed by atoms with Crippen LogP contribution in [0.25, 0.3) is 0 Å². The average Bonchev–Trinajstić information content (AvgIpc) is 1.98. The molecule has 0 spiro atoms. The number of anilines is 1. The van der Waals surface area contributed by atoms with Crippen molar-refractivity contribution in [1.29, 1.82) is 0 Å². The summed E-state index contributed by atoms with van der Waals surface area (Å²) < 4.78 is 1.75. The smallest absolute Gasteiger partial charge is 0.0730 e. The molecule has 0 atom stereocenters. The maximum atomic E-state index is 5.46. The van der Waals surface area contributed by atoms with Gasteiger partial charge in [-0.3, -0.25) is 4.68 Å². The van der Waals surface area contributed by atoms with Gasteiger partial charge in [-0.2, -0.15) is 5.10 Å². The molecular weight excluding hydrogens is 173 g/mol. The maximum absolute atomic E-state index is 5.46. The first-order valence-electron chi connectivity index (χ1n) is 2.46. The van der Waals surface area contributed by atoms with Gasteiger partial charge in [0.2, 0.25) is 0 Å². The van der Waals surface area contributed by atoms with Gasteiger partial charge in [-0.05, 0) is 6.92 Å². The summed E-state index contributed by atoms with van der Waals surface area (Å²) in [6.45, 7) is 1.93. The number of hydrogen-bond donors (Lipinski definition) is 1. The van der Waals surface area contributed by atoms with Crippen LogP contribution in [-0.4, -0.2) is 9.78 Å². The van der Waals surface area contributed by atoms with Gasteiger partial charge in [0.15, 0.2) is 0 Å². The molecule has 0 radical (unpaired) electrons. The lowest BCUT2D eigenvalue weighted by Gasteiger charge is -1.90. The summed E-state index contributed by atoms with van der Waals surface area (Å²) in [6.07, 6.45) is 1.65. The van der Waals surface area contributed by atoms with E-state index >= 15 is 0 Å². The van der Waals surface area contributed by atoms with Gasteiger partial charge in [0.25, 0.3) is 0 Å². The number of nitrogens with zero attached hydrogens (tertiary/aromatic N) is 2. The minimum absolute atomic E-state index is 0. The topological polar surface area (TPSA) is 43.8 Å². The first-order valence-corrected chi connectivity index (χ1v) is 2.46. The molecule has 1 rings (SSSR count). The number of halogens is 2. The molecule has 60 valence electrons. The number of nitrogens with two attached hydrogens (primary N) is 1. The molecule has 0 fully saturated rings. The highest BCUT2D eigenvalue weighted by Gasteiger charge is 1.94. The summed E-state index contributed by atoms with van der Waals surface area (Å²) in [5.41, 5.74) is 7.23. The first-order chi connectivity index (χ1) is 3.72. The molecule has 5 heteroatoms. The first kappa shape index (κ1) is 12.3. The maximum Gasteiger partial charge on any atom is 0.0730 e. The van der Waals surface area contributed by atoms with Gasteiger partial charge in [-0.25, -0.2) is 0 Å². The Balaban J connectivity index is 0. The fourth-order valence-electron chi connectivity index (χ4n) is 0.516. The van der Waals surface area contributed by atoms with E-state index in [0.717, 1.165) is 11.4 Å². The van der Waals surface area contributed by atoms with Crippen LogP contribution >= 0.6 is 24.8 Å². The summed E-state index contributed by atoms with van der Waals surface area (Å²) in [7, 11) is 1.87. The van der Waals surface area contributed by atoms with Crippen molar-refractivity contribution in [2.45, 2.75) is 6.92 Å². The van der Waals surface area contributed by atoms with Gasteiger partial charge in [-0.15, -0.1) is 24.8 Å². The third-order valence-electron chi connectivity index (χ3n) is 1.27. The van der Waals surface area contributed by atoms with Gasteiger partial charge in [0.1, 0.15) is 0 Å². The zero-order chi connectivity index (χ0) is 6.15. The molecule has 0 unspecified atom stereocenters. The van der Waals surface area contributed by atoms with Gasteiger partial charge < -0.3 is 5.73 Å². The molecule has 1 heterocycles. The zero-order valence-electron chi connectivity index (χ0n) is 5.87. The lowest BCUT2D eigenvalue weighted by Crippen LogP contribution is -1.93. The Bertz CT molecular complexity index is 177. The van der Waals surface area contributed by atoms with Crippen LogP contribution in [0.1, 0.15) is 5.69 Å². The van der Waals surface area contributed by atoms with E-state index in [-0.39, 0.29) is 24.8 Å². The van der Waals surface area contributed by atoms with Crippen molar-refractivity contribution in [2.75, 3.05) is 5.73 Å². The summed E-state index contributed by atoms with van der Waals surface area (Å²) in [6, 6.07) is 0. The van der Waals surface area contributed by atoms with Crippen molar-refractivity contribution in [3.63, 3.8) is 0 Å². The van der Waals surface area contributed by atoms with Crippen LogP contribution in [0.5, 0.6) is 0 Å². The highest BCUT2D eigenvalue weighted by Crippen LogP contribution is 2.04. The number of aromatic nitrogens is 2. The number of aryl methyl sites for hydroxylation is 1. The zero-order valence-corrected chi connectivity index (χ0v) is 7.50. The van der Waals surface area contributed by atoms with Gasteiger partial charge >= 0.3 is 0 Å². The predicted octanol–water partition coefficient (Wildman–Crippen LogP) is 1.15. The molecule has 0 amide bonds. The van der Waals surface area contributed by atoms with E-state index in [0.29, 0.717) is 0 Å². The van der Waals surface area contributed by atoms with Crippen molar-refractivity contribution in [3.05, 3.63) is 11.9 Å². The average molecular weight is 184 g/mol. The van der Waals surface area contributed by atoms with Crippen LogP contribution in [0.15, 0.2) is 6.20 Å². The molecular formula is C5H11Cl2N3. The molecule has 0 saturated heterocycles. The summed E-state index contributed by atoms with van der Waals surface area (Å²) in [5, 5.41) is 3.91. The van der Waals surface area contributed by atoms with Crippen LogP contribution in [0.4, 0.5) is 5.69 Å². The third-order valence-corrected chi connectivity index (χ3v) is 1.27. The van der Waals surface area contributed by atoms with E-state index in [1.165, 1.54) is 0 Å². The molecule has 0 aliphatic carbocycles. The Kier molecular flexibility index (Phi) is 5.42. The van der Waals surface area contributed by atoms with Crippen LogP contribution in [0.2, 0.25) is 0 Å². The minimum atomic E-state index is 0. The third kappa shape index (κ3) is 2.08.